The smallest absolute Gasteiger partial charge is 0.300 e. The van der Waals surface area contributed by atoms with Crippen LogP contribution in [0.1, 0.15) is 0 Å². The molecule has 0 amide bonds. The third-order valence-electron chi connectivity index (χ3n) is 5.21. The molecule has 6 aromatic rings. The molecule has 0 atom stereocenters. The van der Waals surface area contributed by atoms with Gasteiger partial charge in [0.15, 0.2) is 5.58 Å². The van der Waals surface area contributed by atoms with Crippen molar-refractivity contribution in [1.82, 2.24) is 19.9 Å². The Kier molecular flexibility index (Phi) is 5.16. The second-order valence-corrected chi connectivity index (χ2v) is 8.87. The van der Waals surface area contributed by atoms with E-state index in [1.54, 1.807) is 12.1 Å². The molecule has 9 heteroatoms. The molecule has 0 spiro atoms. The normalized spacial score (nSPS) is 11.2. The van der Waals surface area contributed by atoms with Gasteiger partial charge in [0.1, 0.15) is 23.2 Å². The van der Waals surface area contributed by atoms with Crippen molar-refractivity contribution in [2.75, 3.05) is 5.32 Å². The number of rotatable bonds is 5. The number of fused-ring (bicyclic) bond motifs is 2. The first-order valence-electron chi connectivity index (χ1n) is 10.3. The Morgan fingerprint density at radius 3 is 2.59 bits per heavy atom. The maximum absolute atomic E-state index is 6.11. The molecule has 0 unspecified atom stereocenters. The van der Waals surface area contributed by atoms with Crippen LogP contribution in [0.3, 0.4) is 0 Å². The number of aromatic amines is 1. The number of halogens is 2. The molecule has 0 fully saturated rings. The van der Waals surface area contributed by atoms with Crippen LogP contribution in [0.25, 0.3) is 33.4 Å². The zero-order chi connectivity index (χ0) is 23.1. The van der Waals surface area contributed by atoms with E-state index in [1.165, 1.54) is 6.33 Å². The van der Waals surface area contributed by atoms with Gasteiger partial charge in [0.2, 0.25) is 5.88 Å². The Balaban J connectivity index is 1.28. The van der Waals surface area contributed by atoms with Crippen molar-refractivity contribution in [3.05, 3.63) is 88.6 Å². The fraction of sp³-hybridized carbons (Fsp3) is 0. The lowest BCUT2D eigenvalue weighted by Crippen LogP contribution is -1.90. The summed E-state index contributed by atoms with van der Waals surface area (Å²) in [6.07, 6.45) is 1.47. The van der Waals surface area contributed by atoms with Gasteiger partial charge in [-0.3, -0.25) is 0 Å². The van der Waals surface area contributed by atoms with Crippen LogP contribution in [-0.4, -0.2) is 19.9 Å². The molecule has 0 saturated carbocycles. The van der Waals surface area contributed by atoms with Gasteiger partial charge in [-0.25, -0.2) is 9.97 Å². The number of nitrogens with zero attached hydrogens (tertiary/aromatic N) is 3. The summed E-state index contributed by atoms with van der Waals surface area (Å²) in [5.74, 6) is 1.04. The highest BCUT2D eigenvalue weighted by molar-refractivity contribution is 9.10. The number of anilines is 2. The minimum Gasteiger partial charge on any atom is -0.438 e. The third kappa shape index (κ3) is 4.09. The van der Waals surface area contributed by atoms with Crippen LogP contribution in [0.15, 0.2) is 88.0 Å². The number of oxazole rings is 1. The van der Waals surface area contributed by atoms with Gasteiger partial charge in [-0.05, 0) is 60.2 Å². The molecule has 34 heavy (non-hydrogen) atoms. The van der Waals surface area contributed by atoms with Crippen LogP contribution < -0.4 is 10.1 Å². The molecule has 3 heterocycles. The Bertz CT molecular complexity index is 1630. The Morgan fingerprint density at radius 1 is 0.941 bits per heavy atom. The topological polar surface area (TPSA) is 88.9 Å². The molecule has 3 aromatic heterocycles. The number of benzene rings is 3. The van der Waals surface area contributed by atoms with Crippen molar-refractivity contribution in [2.24, 2.45) is 0 Å². The molecule has 0 aliphatic heterocycles. The molecule has 166 valence electrons. The molecule has 0 aliphatic carbocycles. The SMILES string of the molecule is Clc1ccc(Nc2nc3cc(Oc4ncnc5[nH]c(-c6ccc(Br)cc6)cc45)ccc3o2)cc1. The minimum absolute atomic E-state index is 0.378. The van der Waals surface area contributed by atoms with Crippen molar-refractivity contribution in [3.63, 3.8) is 0 Å². The van der Waals surface area contributed by atoms with E-state index in [4.69, 9.17) is 20.8 Å². The Labute approximate surface area is 206 Å². The molecule has 0 saturated heterocycles. The molecular formula is C25H15BrClN5O2. The summed E-state index contributed by atoms with van der Waals surface area (Å²) >= 11 is 9.41. The molecule has 0 bridgehead atoms. The molecule has 7 nitrogen and oxygen atoms in total. The monoisotopic (exact) mass is 531 g/mol. The fourth-order valence-electron chi connectivity index (χ4n) is 3.58. The van der Waals surface area contributed by atoms with Crippen LogP contribution >= 0.6 is 27.5 Å². The summed E-state index contributed by atoms with van der Waals surface area (Å²) in [5.41, 5.74) is 4.78. The second kappa shape index (κ2) is 8.48. The standard InChI is InChI=1S/C25H15BrClN5O2/c26-15-3-1-14(2-4-15)20-12-19-23(31-20)28-13-29-24(19)33-18-9-10-22-21(11-18)32-25(34-22)30-17-7-5-16(27)6-8-17/h1-13H,(H,30,32)(H,28,29,31). The zero-order valence-electron chi connectivity index (χ0n) is 17.4. The van der Waals surface area contributed by atoms with Gasteiger partial charge in [0.05, 0.1) is 5.39 Å². The fourth-order valence-corrected chi connectivity index (χ4v) is 3.97. The quantitative estimate of drug-likeness (QED) is 0.236. The van der Waals surface area contributed by atoms with Gasteiger partial charge in [-0.2, -0.15) is 4.98 Å². The number of hydrogen-bond acceptors (Lipinski definition) is 6. The average molecular weight is 533 g/mol. The predicted molar refractivity (Wildman–Crippen MR) is 136 cm³/mol. The van der Waals surface area contributed by atoms with Crippen LogP contribution in [0, 0.1) is 0 Å². The van der Waals surface area contributed by atoms with Gasteiger partial charge in [-0.1, -0.05) is 39.7 Å². The highest BCUT2D eigenvalue weighted by Gasteiger charge is 2.13. The molecule has 6 rings (SSSR count). The van der Waals surface area contributed by atoms with E-state index in [0.29, 0.717) is 39.4 Å². The summed E-state index contributed by atoms with van der Waals surface area (Å²) in [7, 11) is 0. The number of hydrogen-bond donors (Lipinski definition) is 2. The molecule has 0 radical (unpaired) electrons. The number of nitrogens with one attached hydrogen (secondary N) is 2. The Hall–Kier alpha value is -3.88. The van der Waals surface area contributed by atoms with Crippen molar-refractivity contribution in [1.29, 1.82) is 0 Å². The van der Waals surface area contributed by atoms with E-state index in [1.807, 2.05) is 60.7 Å². The second-order valence-electron chi connectivity index (χ2n) is 7.51. The molecule has 2 N–H and O–H groups in total. The molecular weight excluding hydrogens is 518 g/mol. The lowest BCUT2D eigenvalue weighted by molar-refractivity contribution is 0.468. The largest absolute Gasteiger partial charge is 0.438 e. The zero-order valence-corrected chi connectivity index (χ0v) is 19.8. The van der Waals surface area contributed by atoms with Crippen molar-refractivity contribution in [3.8, 4) is 22.9 Å². The summed E-state index contributed by atoms with van der Waals surface area (Å²) in [4.78, 5) is 16.5. The first kappa shape index (κ1) is 20.7. The number of H-pyrrole nitrogens is 1. The first-order chi connectivity index (χ1) is 16.6. The highest BCUT2D eigenvalue weighted by Crippen LogP contribution is 2.33. The van der Waals surface area contributed by atoms with Gasteiger partial charge in [0, 0.05) is 26.9 Å². The van der Waals surface area contributed by atoms with E-state index in [-0.39, 0.29) is 0 Å². The average Bonchev–Trinajstić information content (AvgIpc) is 3.45. The first-order valence-corrected chi connectivity index (χ1v) is 11.5. The van der Waals surface area contributed by atoms with Crippen LogP contribution in [-0.2, 0) is 0 Å². The maximum Gasteiger partial charge on any atom is 0.300 e. The summed E-state index contributed by atoms with van der Waals surface area (Å²) in [5, 5.41) is 4.58. The van der Waals surface area contributed by atoms with Crippen molar-refractivity contribution in [2.45, 2.75) is 0 Å². The molecule has 0 aliphatic rings. The summed E-state index contributed by atoms with van der Waals surface area (Å²) < 4.78 is 12.9. The lowest BCUT2D eigenvalue weighted by atomic mass is 10.1. The Morgan fingerprint density at radius 2 is 1.76 bits per heavy atom. The predicted octanol–water partition coefficient (Wildman–Crippen LogP) is 7.72. The van der Waals surface area contributed by atoms with E-state index >= 15 is 0 Å². The van der Waals surface area contributed by atoms with Gasteiger partial charge in [0.25, 0.3) is 6.01 Å². The third-order valence-corrected chi connectivity index (χ3v) is 5.99. The van der Waals surface area contributed by atoms with Crippen molar-refractivity contribution >= 4 is 61.4 Å². The molecule has 3 aromatic carbocycles. The van der Waals surface area contributed by atoms with E-state index in [2.05, 4.69) is 41.2 Å². The van der Waals surface area contributed by atoms with E-state index in [9.17, 15) is 0 Å². The van der Waals surface area contributed by atoms with Crippen LogP contribution in [0.2, 0.25) is 5.02 Å². The highest BCUT2D eigenvalue weighted by atomic mass is 79.9. The maximum atomic E-state index is 6.11. The van der Waals surface area contributed by atoms with Crippen molar-refractivity contribution < 1.29 is 9.15 Å². The number of aromatic nitrogens is 4. The number of ether oxygens (including phenoxy) is 1. The minimum atomic E-state index is 0.378. The van der Waals surface area contributed by atoms with E-state index < -0.39 is 0 Å². The van der Waals surface area contributed by atoms with Crippen LogP contribution in [0.5, 0.6) is 11.6 Å². The summed E-state index contributed by atoms with van der Waals surface area (Å²) in [6, 6.07) is 23.1. The lowest BCUT2D eigenvalue weighted by Gasteiger charge is -2.04. The van der Waals surface area contributed by atoms with E-state index in [0.717, 1.165) is 26.8 Å². The van der Waals surface area contributed by atoms with Gasteiger partial charge >= 0.3 is 0 Å². The summed E-state index contributed by atoms with van der Waals surface area (Å²) in [6.45, 7) is 0. The van der Waals surface area contributed by atoms with Gasteiger partial charge < -0.3 is 19.5 Å². The van der Waals surface area contributed by atoms with Crippen LogP contribution in [0.4, 0.5) is 11.7 Å². The van der Waals surface area contributed by atoms with Gasteiger partial charge in [-0.15, -0.1) is 0 Å².